The Morgan fingerprint density at radius 1 is 1.53 bits per heavy atom. The van der Waals surface area contributed by atoms with Gasteiger partial charge in [0.25, 0.3) is 0 Å². The minimum atomic E-state index is -0.782. The highest BCUT2D eigenvalue weighted by Crippen LogP contribution is 2.12. The van der Waals surface area contributed by atoms with Gasteiger partial charge in [0.15, 0.2) is 0 Å². The molecule has 0 amide bonds. The van der Waals surface area contributed by atoms with Crippen LogP contribution in [0.3, 0.4) is 0 Å². The van der Waals surface area contributed by atoms with Crippen LogP contribution in [0.5, 0.6) is 0 Å². The molecule has 0 radical (unpaired) electrons. The fraction of sp³-hybridized carbons (Fsp3) is 0.545. The van der Waals surface area contributed by atoms with Crippen molar-refractivity contribution in [1.82, 2.24) is 10.3 Å². The molecule has 0 spiro atoms. The summed E-state index contributed by atoms with van der Waals surface area (Å²) in [7, 11) is -0.782. The molecule has 0 aliphatic carbocycles. The highest BCUT2D eigenvalue weighted by Gasteiger charge is 2.19. The summed E-state index contributed by atoms with van der Waals surface area (Å²) in [6.45, 7) is 1.96. The molecule has 1 fully saturated rings. The zero-order valence-corrected chi connectivity index (χ0v) is 9.50. The first-order chi connectivity index (χ1) is 7.36. The van der Waals surface area contributed by atoms with E-state index < -0.39 is 10.8 Å². The normalized spacial score (nSPS) is 23.6. The van der Waals surface area contributed by atoms with Crippen molar-refractivity contribution in [3.63, 3.8) is 0 Å². The van der Waals surface area contributed by atoms with E-state index in [0.717, 1.165) is 31.6 Å². The van der Waals surface area contributed by atoms with Gasteiger partial charge in [-0.3, -0.25) is 9.19 Å². The van der Waals surface area contributed by atoms with E-state index in [-0.39, 0.29) is 0 Å². The molecule has 0 unspecified atom stereocenters. The van der Waals surface area contributed by atoms with Gasteiger partial charge in [-0.05, 0) is 31.5 Å². The lowest BCUT2D eigenvalue weighted by Crippen LogP contribution is -2.36. The second-order valence-corrected chi connectivity index (χ2v) is 5.53. The molecule has 1 aromatic rings. The molecule has 1 aliphatic rings. The summed E-state index contributed by atoms with van der Waals surface area (Å²) in [5, 5.41) is 3.59. The number of nitrogens with zero attached hydrogens (tertiary/aromatic N) is 1. The van der Waals surface area contributed by atoms with Crippen LogP contribution in [0.25, 0.3) is 0 Å². The molecule has 0 bridgehead atoms. The Hall–Kier alpha value is -0.740. The third-order valence-electron chi connectivity index (χ3n) is 2.64. The second kappa shape index (κ2) is 5.37. The van der Waals surface area contributed by atoms with Crippen molar-refractivity contribution in [3.05, 3.63) is 30.1 Å². The van der Waals surface area contributed by atoms with Gasteiger partial charge >= 0.3 is 0 Å². The molecule has 0 saturated carbocycles. The molecule has 2 atom stereocenters. The first-order valence-corrected chi connectivity index (χ1v) is 6.72. The van der Waals surface area contributed by atoms with Gasteiger partial charge in [-0.25, -0.2) is 0 Å². The third-order valence-corrected chi connectivity index (χ3v) is 4.37. The van der Waals surface area contributed by atoms with Crippen molar-refractivity contribution >= 4 is 10.8 Å². The van der Waals surface area contributed by atoms with E-state index >= 15 is 0 Å². The van der Waals surface area contributed by atoms with Crippen LogP contribution in [-0.2, 0) is 16.6 Å². The summed E-state index contributed by atoms with van der Waals surface area (Å²) in [4.78, 5) is 4.20. The molecule has 1 aromatic heterocycles. The Kier molecular flexibility index (Phi) is 3.86. The van der Waals surface area contributed by atoms with E-state index in [1.54, 1.807) is 6.20 Å². The summed E-state index contributed by atoms with van der Waals surface area (Å²) < 4.78 is 12.0. The van der Waals surface area contributed by atoms with Crippen LogP contribution < -0.4 is 5.32 Å². The monoisotopic (exact) mass is 224 g/mol. The highest BCUT2D eigenvalue weighted by molar-refractivity contribution is 7.84. The SMILES string of the molecule is O=[S@](Cc1ccccn1)[C@@H]1CCCNC1. The molecular weight excluding hydrogens is 208 g/mol. The summed E-state index contributed by atoms with van der Waals surface area (Å²) in [6.07, 6.45) is 3.97. The van der Waals surface area contributed by atoms with E-state index in [1.165, 1.54) is 0 Å². The Morgan fingerprint density at radius 3 is 3.13 bits per heavy atom. The summed E-state index contributed by atoms with van der Waals surface area (Å²) >= 11 is 0. The molecule has 0 aromatic carbocycles. The van der Waals surface area contributed by atoms with Crippen LogP contribution >= 0.6 is 0 Å². The molecule has 82 valence electrons. The average molecular weight is 224 g/mol. The van der Waals surface area contributed by atoms with Gasteiger partial charge in [-0.2, -0.15) is 0 Å². The largest absolute Gasteiger partial charge is 0.316 e. The number of aromatic nitrogens is 1. The van der Waals surface area contributed by atoms with Crippen molar-refractivity contribution in [2.75, 3.05) is 13.1 Å². The lowest BCUT2D eigenvalue weighted by molar-refractivity contribution is 0.519. The van der Waals surface area contributed by atoms with Crippen molar-refractivity contribution in [1.29, 1.82) is 0 Å². The third kappa shape index (κ3) is 3.11. The van der Waals surface area contributed by atoms with E-state index in [4.69, 9.17) is 0 Å². The highest BCUT2D eigenvalue weighted by atomic mass is 32.2. The summed E-state index contributed by atoms with van der Waals surface area (Å²) in [6, 6.07) is 5.77. The maximum Gasteiger partial charge on any atom is 0.0662 e. The van der Waals surface area contributed by atoms with E-state index in [1.807, 2.05) is 18.2 Å². The zero-order chi connectivity index (χ0) is 10.5. The topological polar surface area (TPSA) is 42.0 Å². The smallest absolute Gasteiger partial charge is 0.0662 e. The molecule has 1 N–H and O–H groups in total. The number of nitrogens with one attached hydrogen (secondary N) is 1. The Morgan fingerprint density at radius 2 is 2.47 bits per heavy atom. The van der Waals surface area contributed by atoms with Crippen LogP contribution in [0.1, 0.15) is 18.5 Å². The summed E-state index contributed by atoms with van der Waals surface area (Å²) in [5.41, 5.74) is 0.932. The van der Waals surface area contributed by atoms with Gasteiger partial charge in [0.2, 0.25) is 0 Å². The minimum absolute atomic E-state index is 0.306. The first kappa shape index (κ1) is 10.8. The van der Waals surface area contributed by atoms with Crippen molar-refractivity contribution in [2.24, 2.45) is 0 Å². The van der Waals surface area contributed by atoms with Crippen molar-refractivity contribution in [2.45, 2.75) is 23.8 Å². The summed E-state index contributed by atoms with van der Waals surface area (Å²) in [5.74, 6) is 0.590. The number of hydrogen-bond acceptors (Lipinski definition) is 3. The molecule has 1 aliphatic heterocycles. The Labute approximate surface area is 92.8 Å². The van der Waals surface area contributed by atoms with E-state index in [9.17, 15) is 4.21 Å². The fourth-order valence-corrected chi connectivity index (χ4v) is 3.22. The lowest BCUT2D eigenvalue weighted by atomic mass is 10.2. The predicted octanol–water partition coefficient (Wildman–Crippen LogP) is 1.08. The Balaban J connectivity index is 1.91. The van der Waals surface area contributed by atoms with Crippen molar-refractivity contribution in [3.8, 4) is 0 Å². The number of hydrogen-bond donors (Lipinski definition) is 1. The van der Waals surface area contributed by atoms with Gasteiger partial charge in [0.1, 0.15) is 0 Å². The molecule has 15 heavy (non-hydrogen) atoms. The zero-order valence-electron chi connectivity index (χ0n) is 8.69. The van der Waals surface area contributed by atoms with Crippen molar-refractivity contribution < 1.29 is 4.21 Å². The van der Waals surface area contributed by atoms with Crippen LogP contribution in [0, 0.1) is 0 Å². The van der Waals surface area contributed by atoms with Crippen LogP contribution in [0.2, 0.25) is 0 Å². The maximum absolute atomic E-state index is 12.0. The first-order valence-electron chi connectivity index (χ1n) is 5.34. The van der Waals surface area contributed by atoms with Gasteiger partial charge < -0.3 is 5.32 Å². The van der Waals surface area contributed by atoms with Gasteiger partial charge in [0.05, 0.1) is 11.4 Å². The van der Waals surface area contributed by atoms with Gasteiger partial charge in [-0.1, -0.05) is 6.07 Å². The van der Waals surface area contributed by atoms with E-state index in [2.05, 4.69) is 10.3 Å². The molecular formula is C11H16N2OS. The van der Waals surface area contributed by atoms with Crippen LogP contribution in [0.15, 0.2) is 24.4 Å². The Bertz CT molecular complexity index is 323. The minimum Gasteiger partial charge on any atom is -0.316 e. The van der Waals surface area contributed by atoms with Gasteiger partial charge in [0, 0.05) is 28.8 Å². The molecule has 2 heterocycles. The van der Waals surface area contributed by atoms with Crippen LogP contribution in [-0.4, -0.2) is 27.5 Å². The molecule has 1 saturated heterocycles. The number of pyridine rings is 1. The number of rotatable bonds is 3. The predicted molar refractivity (Wildman–Crippen MR) is 62.0 cm³/mol. The molecule has 3 nitrogen and oxygen atoms in total. The van der Waals surface area contributed by atoms with E-state index in [0.29, 0.717) is 11.0 Å². The average Bonchev–Trinajstić information content (AvgIpc) is 2.31. The lowest BCUT2D eigenvalue weighted by Gasteiger charge is -2.21. The second-order valence-electron chi connectivity index (χ2n) is 3.81. The standard InChI is InChI=1S/C11H16N2OS/c14-15(11-5-3-6-12-8-11)9-10-4-1-2-7-13-10/h1-2,4,7,11-12H,3,5-6,8-9H2/t11-,15-/m1/s1. The van der Waals surface area contributed by atoms with Crippen LogP contribution in [0.4, 0.5) is 0 Å². The maximum atomic E-state index is 12.0. The molecule has 2 rings (SSSR count). The quantitative estimate of drug-likeness (QED) is 0.835. The fourth-order valence-electron chi connectivity index (χ4n) is 1.79. The van der Waals surface area contributed by atoms with Gasteiger partial charge in [-0.15, -0.1) is 0 Å². The molecule has 4 heteroatoms. The number of piperidine rings is 1.